The van der Waals surface area contributed by atoms with Crippen molar-refractivity contribution in [3.63, 3.8) is 0 Å². The second-order valence-corrected chi connectivity index (χ2v) is 10.0. The molecule has 2 aromatic carbocycles. The number of anilines is 1. The van der Waals surface area contributed by atoms with Crippen molar-refractivity contribution in [1.82, 2.24) is 15.2 Å². The third-order valence-corrected chi connectivity index (χ3v) is 7.69. The molecule has 3 aliphatic heterocycles. The summed E-state index contributed by atoms with van der Waals surface area (Å²) in [6.07, 6.45) is -4.76. The van der Waals surface area contributed by atoms with E-state index in [2.05, 4.69) is 27.1 Å². The minimum absolute atomic E-state index is 0.0249. The maximum atomic E-state index is 13.3. The number of nitrogens with zero attached hydrogens (tertiary/aromatic N) is 2. The monoisotopic (exact) mass is 548 g/mol. The van der Waals surface area contributed by atoms with Crippen LogP contribution in [0, 0.1) is 11.8 Å². The van der Waals surface area contributed by atoms with Crippen LogP contribution in [0.4, 0.5) is 36.8 Å². The second-order valence-electron chi connectivity index (χ2n) is 10.0. The Morgan fingerprint density at radius 2 is 1.74 bits per heavy atom. The Morgan fingerprint density at radius 1 is 1.05 bits per heavy atom. The Kier molecular flexibility index (Phi) is 7.04. The predicted octanol–water partition coefficient (Wildman–Crippen LogP) is 7.03. The zero-order chi connectivity index (χ0) is 27.9. The van der Waals surface area contributed by atoms with E-state index in [1.807, 2.05) is 30.3 Å². The van der Waals surface area contributed by atoms with Gasteiger partial charge in [0.1, 0.15) is 0 Å². The van der Waals surface area contributed by atoms with Gasteiger partial charge in [-0.15, -0.1) is 6.58 Å². The van der Waals surface area contributed by atoms with Gasteiger partial charge in [0.15, 0.2) is 0 Å². The highest BCUT2D eigenvalue weighted by atomic mass is 19.4. The van der Waals surface area contributed by atoms with Gasteiger partial charge in [0, 0.05) is 29.9 Å². The average Bonchev–Trinajstić information content (AvgIpc) is 2.90. The number of hydrogen-bond donors (Lipinski definition) is 2. The molecule has 2 N–H and O–H groups in total. The minimum Gasteiger partial charge on any atom is -0.329 e. The van der Waals surface area contributed by atoms with E-state index in [1.165, 1.54) is 0 Å². The number of fused-ring (bicyclic) bond motifs is 4. The van der Waals surface area contributed by atoms with Crippen LogP contribution in [0.5, 0.6) is 0 Å². The van der Waals surface area contributed by atoms with Crippen LogP contribution in [0.1, 0.15) is 35.6 Å². The van der Waals surface area contributed by atoms with E-state index in [4.69, 9.17) is 0 Å². The topological polar surface area (TPSA) is 57.3 Å². The largest absolute Gasteiger partial charge is 0.416 e. The van der Waals surface area contributed by atoms with Gasteiger partial charge in [0.2, 0.25) is 0 Å². The molecule has 2 bridgehead atoms. The van der Waals surface area contributed by atoms with Gasteiger partial charge >= 0.3 is 18.4 Å². The number of para-hydroxylation sites is 1. The first-order valence-corrected chi connectivity index (χ1v) is 12.5. The Bertz CT molecular complexity index is 1350. The number of halogens is 6. The molecular weight excluding hydrogens is 522 g/mol. The number of aromatic nitrogens is 1. The molecular formula is C28H26F6N4O. The fraction of sp³-hybridized carbons (Fsp3) is 0.357. The van der Waals surface area contributed by atoms with E-state index in [9.17, 15) is 31.1 Å². The van der Waals surface area contributed by atoms with Crippen LogP contribution in [-0.4, -0.2) is 35.0 Å². The van der Waals surface area contributed by atoms with E-state index in [0.717, 1.165) is 36.9 Å². The molecule has 2 amide bonds. The maximum Gasteiger partial charge on any atom is 0.416 e. The van der Waals surface area contributed by atoms with Crippen LogP contribution in [0.15, 0.2) is 67.4 Å². The molecule has 206 valence electrons. The van der Waals surface area contributed by atoms with Crippen molar-refractivity contribution in [2.45, 2.75) is 37.3 Å². The number of pyridine rings is 1. The molecule has 39 heavy (non-hydrogen) atoms. The standard InChI is InChI=1S/C28H26F6N4O/c1-2-16-15-38-10-8-17(16)11-24(38)25(22-7-9-35-23-6-4-3-5-21(22)23)37-26(39)36-20-13-18(27(29,30)31)12-19(14-20)28(32,33)34/h2-7,9,12-14,16-17,24-25H,1,8,10-11,15H2,(H2,36,37,39)/t16?,17-,24+,25+/m0/s1. The summed E-state index contributed by atoms with van der Waals surface area (Å²) in [6, 6.07) is 8.53. The fourth-order valence-electron chi connectivity index (χ4n) is 5.83. The van der Waals surface area contributed by atoms with E-state index in [-0.39, 0.29) is 12.1 Å². The number of amides is 2. The summed E-state index contributed by atoms with van der Waals surface area (Å²) in [5, 5.41) is 5.89. The Hall–Kier alpha value is -3.60. The molecule has 5 atom stereocenters. The number of carbonyl (C=O) groups excluding carboxylic acids is 1. The summed E-state index contributed by atoms with van der Waals surface area (Å²) in [5.74, 6) is 0.667. The zero-order valence-corrected chi connectivity index (χ0v) is 20.7. The SMILES string of the molecule is C=CC1CN2CC[C@H]1C[C@@H]2[C@H](NC(=O)Nc1cc(C(F)(F)F)cc(C(F)(F)F)c1)c1ccnc2ccccc12. The normalized spacial score (nSPS) is 23.8. The molecule has 3 aromatic rings. The number of piperidine rings is 3. The molecule has 6 rings (SSSR count). The first-order valence-electron chi connectivity index (χ1n) is 12.5. The van der Waals surface area contributed by atoms with Crippen LogP contribution < -0.4 is 10.6 Å². The molecule has 3 aliphatic rings. The number of rotatable bonds is 5. The molecule has 4 heterocycles. The van der Waals surface area contributed by atoms with E-state index >= 15 is 0 Å². The van der Waals surface area contributed by atoms with Crippen molar-refractivity contribution >= 4 is 22.6 Å². The van der Waals surface area contributed by atoms with Gasteiger partial charge in [0.25, 0.3) is 0 Å². The summed E-state index contributed by atoms with van der Waals surface area (Å²) in [5.41, 5.74) is -2.14. The van der Waals surface area contributed by atoms with Gasteiger partial charge in [-0.3, -0.25) is 9.88 Å². The maximum absolute atomic E-state index is 13.3. The first-order chi connectivity index (χ1) is 18.4. The van der Waals surface area contributed by atoms with Crippen LogP contribution >= 0.6 is 0 Å². The van der Waals surface area contributed by atoms with E-state index in [1.54, 1.807) is 12.3 Å². The van der Waals surface area contributed by atoms with Crippen molar-refractivity contribution in [2.24, 2.45) is 11.8 Å². The van der Waals surface area contributed by atoms with Crippen molar-refractivity contribution in [3.05, 3.63) is 84.1 Å². The fourth-order valence-corrected chi connectivity index (χ4v) is 5.83. The minimum atomic E-state index is -5.02. The first kappa shape index (κ1) is 27.0. The Labute approximate surface area is 220 Å². The van der Waals surface area contributed by atoms with Gasteiger partial charge in [-0.05, 0) is 67.1 Å². The van der Waals surface area contributed by atoms with E-state index in [0.29, 0.717) is 29.5 Å². The number of carbonyl (C=O) groups is 1. The quantitative estimate of drug-likeness (QED) is 0.266. The Balaban J connectivity index is 1.48. The van der Waals surface area contributed by atoms with Gasteiger partial charge in [-0.1, -0.05) is 24.3 Å². The van der Waals surface area contributed by atoms with Gasteiger partial charge in [-0.2, -0.15) is 26.3 Å². The molecule has 5 nitrogen and oxygen atoms in total. The molecule has 2 unspecified atom stereocenters. The van der Waals surface area contributed by atoms with Crippen molar-refractivity contribution in [1.29, 1.82) is 0 Å². The van der Waals surface area contributed by atoms with Crippen molar-refractivity contribution in [3.8, 4) is 0 Å². The summed E-state index contributed by atoms with van der Waals surface area (Å²) in [4.78, 5) is 19.8. The lowest BCUT2D eigenvalue weighted by Gasteiger charge is -2.51. The number of hydrogen-bond acceptors (Lipinski definition) is 3. The molecule has 3 saturated heterocycles. The van der Waals surface area contributed by atoms with E-state index < -0.39 is 41.2 Å². The molecule has 0 saturated carbocycles. The molecule has 0 radical (unpaired) electrons. The Morgan fingerprint density at radius 3 is 2.36 bits per heavy atom. The number of urea groups is 1. The van der Waals surface area contributed by atoms with Crippen LogP contribution in [-0.2, 0) is 12.4 Å². The lowest BCUT2D eigenvalue weighted by molar-refractivity contribution is -0.143. The number of benzene rings is 2. The van der Waals surface area contributed by atoms with Gasteiger partial charge < -0.3 is 10.6 Å². The lowest BCUT2D eigenvalue weighted by atomic mass is 9.73. The summed E-state index contributed by atoms with van der Waals surface area (Å²) >= 11 is 0. The molecule has 11 heteroatoms. The third-order valence-electron chi connectivity index (χ3n) is 7.69. The third kappa shape index (κ3) is 5.59. The molecule has 0 aliphatic carbocycles. The summed E-state index contributed by atoms with van der Waals surface area (Å²) in [6.45, 7) is 5.51. The zero-order valence-electron chi connectivity index (χ0n) is 20.7. The predicted molar refractivity (Wildman–Crippen MR) is 135 cm³/mol. The molecule has 0 spiro atoms. The lowest BCUT2D eigenvalue weighted by Crippen LogP contribution is -2.57. The smallest absolute Gasteiger partial charge is 0.329 e. The highest BCUT2D eigenvalue weighted by Crippen LogP contribution is 2.42. The number of alkyl halides is 6. The van der Waals surface area contributed by atoms with Gasteiger partial charge in [0.05, 0.1) is 22.7 Å². The van der Waals surface area contributed by atoms with Crippen LogP contribution in [0.3, 0.4) is 0 Å². The van der Waals surface area contributed by atoms with Crippen LogP contribution in [0.2, 0.25) is 0 Å². The highest BCUT2D eigenvalue weighted by Gasteiger charge is 2.43. The van der Waals surface area contributed by atoms with Crippen molar-refractivity contribution in [2.75, 3.05) is 18.4 Å². The van der Waals surface area contributed by atoms with Gasteiger partial charge in [-0.25, -0.2) is 4.79 Å². The highest BCUT2D eigenvalue weighted by molar-refractivity contribution is 5.91. The van der Waals surface area contributed by atoms with Crippen LogP contribution in [0.25, 0.3) is 10.9 Å². The molecule has 1 aromatic heterocycles. The average molecular weight is 549 g/mol. The second kappa shape index (κ2) is 10.2. The molecule has 3 fully saturated rings. The van der Waals surface area contributed by atoms with Crippen molar-refractivity contribution < 1.29 is 31.1 Å². The summed E-state index contributed by atoms with van der Waals surface area (Å²) < 4.78 is 80.0. The summed E-state index contributed by atoms with van der Waals surface area (Å²) in [7, 11) is 0. The number of nitrogens with one attached hydrogen (secondary N) is 2.